The molecular weight excluding hydrogens is 200 g/mol. The summed E-state index contributed by atoms with van der Waals surface area (Å²) >= 11 is 0. The van der Waals surface area contributed by atoms with Gasteiger partial charge in [0, 0.05) is 0 Å². The van der Waals surface area contributed by atoms with Gasteiger partial charge in [-0.15, -0.1) is 0 Å². The van der Waals surface area contributed by atoms with Crippen LogP contribution in [0.2, 0.25) is 0 Å². The van der Waals surface area contributed by atoms with Gasteiger partial charge in [-0.3, -0.25) is 4.79 Å². The van der Waals surface area contributed by atoms with E-state index in [1.165, 1.54) is 6.20 Å². The van der Waals surface area contributed by atoms with Gasteiger partial charge in [-0.05, 0) is 0 Å². The molecule has 4 N–H and O–H groups in total. The lowest BCUT2D eigenvalue weighted by Crippen LogP contribution is -2.04. The van der Waals surface area contributed by atoms with Crippen molar-refractivity contribution in [1.82, 2.24) is 19.9 Å². The molecule has 0 spiro atoms. The second kappa shape index (κ2) is 3.33. The van der Waals surface area contributed by atoms with Crippen LogP contribution in [0, 0.1) is 0 Å². The smallest absolute Gasteiger partial charge is 0.299 e. The second-order valence-corrected chi connectivity index (χ2v) is 2.56. The molecule has 0 aliphatic carbocycles. The van der Waals surface area contributed by atoms with Crippen molar-refractivity contribution < 1.29 is 9.53 Å². The number of nitrogens with zero attached hydrogens (tertiary/aromatic N) is 4. The number of rotatable bonds is 2. The number of fused-ring (bicyclic) bond motifs is 1. The molecule has 0 amide bonds. The van der Waals surface area contributed by atoms with Crippen molar-refractivity contribution in [2.24, 2.45) is 0 Å². The first-order valence-electron chi connectivity index (χ1n) is 3.87. The standard InChI is InChI=1S/C7H6N6O2/c8-5-4-6(13-7(9)12-5)10-1-3(11-4)15-2-14/h1-2H,(H4,8,9,10,12,13). The Labute approximate surface area is 83.3 Å². The van der Waals surface area contributed by atoms with Crippen molar-refractivity contribution in [2.45, 2.75) is 0 Å². The third-order valence-electron chi connectivity index (χ3n) is 1.60. The van der Waals surface area contributed by atoms with Crippen molar-refractivity contribution in [2.75, 3.05) is 11.5 Å². The van der Waals surface area contributed by atoms with Crippen LogP contribution in [-0.2, 0) is 4.79 Å². The molecule has 0 radical (unpaired) electrons. The number of carbonyl (C=O) groups excluding carboxylic acids is 1. The fourth-order valence-corrected chi connectivity index (χ4v) is 1.04. The molecule has 8 nitrogen and oxygen atoms in total. The Bertz CT molecular complexity index is 528. The molecule has 0 fully saturated rings. The molecule has 0 saturated heterocycles. The summed E-state index contributed by atoms with van der Waals surface area (Å²) < 4.78 is 4.50. The van der Waals surface area contributed by atoms with Gasteiger partial charge in [0.15, 0.2) is 17.0 Å². The van der Waals surface area contributed by atoms with Gasteiger partial charge in [-0.25, -0.2) is 9.97 Å². The molecule has 0 atom stereocenters. The lowest BCUT2D eigenvalue weighted by molar-refractivity contribution is -0.120. The second-order valence-electron chi connectivity index (χ2n) is 2.56. The topological polar surface area (TPSA) is 130 Å². The van der Waals surface area contributed by atoms with E-state index < -0.39 is 0 Å². The minimum Gasteiger partial charge on any atom is -0.408 e. The molecule has 15 heavy (non-hydrogen) atoms. The average molecular weight is 206 g/mol. The Hall–Kier alpha value is -2.51. The number of anilines is 2. The summed E-state index contributed by atoms with van der Waals surface area (Å²) in [6.45, 7) is 0.240. The van der Waals surface area contributed by atoms with E-state index in [1.807, 2.05) is 0 Å². The zero-order valence-corrected chi connectivity index (χ0v) is 7.41. The maximum absolute atomic E-state index is 10.1. The summed E-state index contributed by atoms with van der Waals surface area (Å²) in [4.78, 5) is 25.3. The van der Waals surface area contributed by atoms with Crippen LogP contribution in [0.4, 0.5) is 11.8 Å². The number of nitrogens with two attached hydrogens (primary N) is 2. The molecule has 8 heteroatoms. The molecule has 76 valence electrons. The van der Waals surface area contributed by atoms with Gasteiger partial charge in [-0.2, -0.15) is 9.97 Å². The van der Waals surface area contributed by atoms with Crippen molar-refractivity contribution >= 4 is 29.4 Å². The SMILES string of the molecule is Nc1nc(N)c2nc(OC=O)cnc2n1. The Kier molecular flexibility index (Phi) is 2.01. The zero-order valence-electron chi connectivity index (χ0n) is 7.41. The van der Waals surface area contributed by atoms with Crippen LogP contribution < -0.4 is 16.2 Å². The summed E-state index contributed by atoms with van der Waals surface area (Å²) in [5.74, 6) is 0.122. The van der Waals surface area contributed by atoms with Crippen LogP contribution in [-0.4, -0.2) is 26.4 Å². The molecule has 0 bridgehead atoms. The number of hydrogen-bond donors (Lipinski definition) is 2. The van der Waals surface area contributed by atoms with Crippen molar-refractivity contribution in [3.8, 4) is 5.88 Å². The summed E-state index contributed by atoms with van der Waals surface area (Å²) in [7, 11) is 0. The highest BCUT2D eigenvalue weighted by Crippen LogP contribution is 2.16. The maximum Gasteiger partial charge on any atom is 0.299 e. The Morgan fingerprint density at radius 3 is 2.80 bits per heavy atom. The lowest BCUT2D eigenvalue weighted by atomic mass is 10.4. The minimum atomic E-state index is 0.0124. The average Bonchev–Trinajstić information content (AvgIpc) is 2.19. The molecular formula is C7H6N6O2. The number of carbonyl (C=O) groups is 1. The molecule has 0 aliphatic heterocycles. The van der Waals surface area contributed by atoms with E-state index >= 15 is 0 Å². The number of aromatic nitrogens is 4. The van der Waals surface area contributed by atoms with Crippen LogP contribution in [0.5, 0.6) is 5.88 Å². The van der Waals surface area contributed by atoms with Crippen LogP contribution in [0.15, 0.2) is 6.20 Å². The molecule has 2 rings (SSSR count). The lowest BCUT2D eigenvalue weighted by Gasteiger charge is -2.01. The molecule has 2 aromatic heterocycles. The van der Waals surface area contributed by atoms with E-state index in [-0.39, 0.29) is 35.3 Å². The number of hydrogen-bond acceptors (Lipinski definition) is 8. The van der Waals surface area contributed by atoms with Crippen molar-refractivity contribution in [1.29, 1.82) is 0 Å². The first-order valence-corrected chi connectivity index (χ1v) is 3.87. The van der Waals surface area contributed by atoms with Crippen molar-refractivity contribution in [3.63, 3.8) is 0 Å². The Morgan fingerprint density at radius 2 is 2.07 bits per heavy atom. The Balaban J connectivity index is 2.65. The van der Waals surface area contributed by atoms with E-state index in [2.05, 4.69) is 24.7 Å². The van der Waals surface area contributed by atoms with Gasteiger partial charge in [0.2, 0.25) is 11.8 Å². The first kappa shape index (κ1) is 9.06. The predicted octanol–water partition coefficient (Wildman–Crippen LogP) is -0.881. The van der Waals surface area contributed by atoms with E-state index in [1.54, 1.807) is 0 Å². The van der Waals surface area contributed by atoms with Gasteiger partial charge in [0.05, 0.1) is 6.20 Å². The van der Waals surface area contributed by atoms with Gasteiger partial charge < -0.3 is 16.2 Å². The highest BCUT2D eigenvalue weighted by molar-refractivity contribution is 5.82. The Morgan fingerprint density at radius 1 is 1.27 bits per heavy atom. The molecule has 0 aliphatic rings. The highest BCUT2D eigenvalue weighted by atomic mass is 16.5. The number of ether oxygens (including phenoxy) is 1. The van der Waals surface area contributed by atoms with Crippen LogP contribution in [0.3, 0.4) is 0 Å². The monoisotopic (exact) mass is 206 g/mol. The van der Waals surface area contributed by atoms with Crippen molar-refractivity contribution in [3.05, 3.63) is 6.20 Å². The third-order valence-corrected chi connectivity index (χ3v) is 1.60. The summed E-state index contributed by atoms with van der Waals surface area (Å²) in [5.41, 5.74) is 11.4. The summed E-state index contributed by atoms with van der Waals surface area (Å²) in [5, 5.41) is 0. The largest absolute Gasteiger partial charge is 0.408 e. The summed E-state index contributed by atoms with van der Waals surface area (Å²) in [6.07, 6.45) is 1.24. The highest BCUT2D eigenvalue weighted by Gasteiger charge is 2.07. The van der Waals surface area contributed by atoms with Crippen LogP contribution >= 0.6 is 0 Å². The van der Waals surface area contributed by atoms with E-state index in [9.17, 15) is 4.79 Å². The third kappa shape index (κ3) is 1.59. The van der Waals surface area contributed by atoms with E-state index in [0.29, 0.717) is 0 Å². The van der Waals surface area contributed by atoms with Crippen LogP contribution in [0.1, 0.15) is 0 Å². The predicted molar refractivity (Wildman–Crippen MR) is 50.6 cm³/mol. The van der Waals surface area contributed by atoms with Gasteiger partial charge in [0.1, 0.15) is 0 Å². The molecule has 0 aromatic carbocycles. The molecule has 0 unspecified atom stereocenters. The first-order chi connectivity index (χ1) is 7.20. The molecule has 0 saturated carbocycles. The quantitative estimate of drug-likeness (QED) is 0.605. The maximum atomic E-state index is 10.1. The van der Waals surface area contributed by atoms with E-state index in [4.69, 9.17) is 11.5 Å². The van der Waals surface area contributed by atoms with Crippen LogP contribution in [0.25, 0.3) is 11.2 Å². The fraction of sp³-hybridized carbons (Fsp3) is 0. The number of nitrogen functional groups attached to an aromatic ring is 2. The molecule has 2 heterocycles. The van der Waals surface area contributed by atoms with E-state index in [0.717, 1.165) is 0 Å². The summed E-state index contributed by atoms with van der Waals surface area (Å²) in [6, 6.07) is 0. The zero-order chi connectivity index (χ0) is 10.8. The van der Waals surface area contributed by atoms with Gasteiger partial charge >= 0.3 is 0 Å². The fourth-order valence-electron chi connectivity index (χ4n) is 1.04. The van der Waals surface area contributed by atoms with Gasteiger partial charge in [0.25, 0.3) is 6.47 Å². The minimum absolute atomic E-state index is 0.0124. The van der Waals surface area contributed by atoms with Gasteiger partial charge in [-0.1, -0.05) is 0 Å². The normalized spacial score (nSPS) is 10.1. The molecule has 2 aromatic rings.